The summed E-state index contributed by atoms with van der Waals surface area (Å²) >= 11 is 0. The Labute approximate surface area is 193 Å². The first-order valence-corrected chi connectivity index (χ1v) is 12.2. The number of hydrogen-bond acceptors (Lipinski definition) is 5. The molecule has 32 heavy (non-hydrogen) atoms. The highest BCUT2D eigenvalue weighted by molar-refractivity contribution is 5.65. The number of nitrogens with one attached hydrogen (secondary N) is 1. The summed E-state index contributed by atoms with van der Waals surface area (Å²) in [5.74, 6) is 1.08. The monoisotopic (exact) mass is 436 g/mol. The minimum Gasteiger partial charge on any atom is -0.395 e. The van der Waals surface area contributed by atoms with Gasteiger partial charge in [0.25, 0.3) is 0 Å². The quantitative estimate of drug-likeness (QED) is 0.647. The average molecular weight is 437 g/mol. The van der Waals surface area contributed by atoms with Crippen molar-refractivity contribution in [1.29, 1.82) is 0 Å². The lowest BCUT2D eigenvalue weighted by Gasteiger charge is -2.42. The minimum absolute atomic E-state index is 0.204. The van der Waals surface area contributed by atoms with E-state index in [1.165, 1.54) is 29.5 Å². The van der Waals surface area contributed by atoms with Crippen LogP contribution >= 0.6 is 0 Å². The number of anilines is 1. The van der Waals surface area contributed by atoms with Crippen LogP contribution < -0.4 is 10.2 Å². The van der Waals surface area contributed by atoms with Crippen LogP contribution in [0.3, 0.4) is 0 Å². The maximum Gasteiger partial charge on any atom is 0.129 e. The van der Waals surface area contributed by atoms with Crippen LogP contribution in [-0.4, -0.2) is 67.4 Å². The Hall–Kier alpha value is -1.95. The highest BCUT2D eigenvalue weighted by atomic mass is 16.3. The Morgan fingerprint density at radius 3 is 2.34 bits per heavy atom. The van der Waals surface area contributed by atoms with E-state index in [0.717, 1.165) is 50.8 Å². The van der Waals surface area contributed by atoms with Crippen molar-refractivity contribution in [3.63, 3.8) is 0 Å². The molecule has 5 nitrogen and oxygen atoms in total. The lowest BCUT2D eigenvalue weighted by atomic mass is 9.63. The molecule has 1 fully saturated rings. The molecule has 2 N–H and O–H groups in total. The van der Waals surface area contributed by atoms with Gasteiger partial charge in [0.1, 0.15) is 5.82 Å². The molecule has 1 aliphatic carbocycles. The van der Waals surface area contributed by atoms with Crippen molar-refractivity contribution >= 4 is 5.82 Å². The molecule has 1 aromatic heterocycles. The second-order valence-electron chi connectivity index (χ2n) is 10.7. The van der Waals surface area contributed by atoms with Gasteiger partial charge in [-0.1, -0.05) is 45.9 Å². The van der Waals surface area contributed by atoms with Crippen LogP contribution in [-0.2, 0) is 10.8 Å². The fourth-order valence-corrected chi connectivity index (χ4v) is 5.15. The van der Waals surface area contributed by atoms with Crippen molar-refractivity contribution in [2.24, 2.45) is 0 Å². The van der Waals surface area contributed by atoms with Crippen LogP contribution in [0.2, 0.25) is 0 Å². The summed E-state index contributed by atoms with van der Waals surface area (Å²) in [4.78, 5) is 9.97. The van der Waals surface area contributed by atoms with Crippen LogP contribution in [0.25, 0.3) is 11.3 Å². The van der Waals surface area contributed by atoms with Crippen LogP contribution in [0.4, 0.5) is 5.82 Å². The molecule has 0 unspecified atom stereocenters. The van der Waals surface area contributed by atoms with E-state index in [1.54, 1.807) is 0 Å². The molecule has 4 rings (SSSR count). The highest BCUT2D eigenvalue weighted by Crippen LogP contribution is 2.46. The van der Waals surface area contributed by atoms with Crippen molar-refractivity contribution in [3.8, 4) is 11.3 Å². The van der Waals surface area contributed by atoms with E-state index in [9.17, 15) is 0 Å². The minimum atomic E-state index is 0.204. The number of aromatic nitrogens is 1. The van der Waals surface area contributed by atoms with Gasteiger partial charge in [0.2, 0.25) is 0 Å². The third-order valence-electron chi connectivity index (χ3n) is 7.47. The number of aliphatic hydroxyl groups excluding tert-OH is 1. The Bertz CT molecular complexity index is 916. The van der Waals surface area contributed by atoms with Crippen molar-refractivity contribution in [2.75, 3.05) is 57.3 Å². The van der Waals surface area contributed by atoms with Gasteiger partial charge >= 0.3 is 0 Å². The summed E-state index contributed by atoms with van der Waals surface area (Å²) in [6.45, 7) is 16.5. The standard InChI is InChI=1S/C27H40N4O/c1-26(2)10-11-27(3,4)23-20-21(8-9-22(23)26)24-6-5-7-25(29-24)31-17-15-30(16-18-31)14-12-28-13-19-32/h5-9,20,28,32H,10-19H2,1-4H3. The van der Waals surface area contributed by atoms with Gasteiger partial charge in [0.05, 0.1) is 12.3 Å². The second-order valence-corrected chi connectivity index (χ2v) is 10.7. The molecule has 0 radical (unpaired) electrons. The summed E-state index contributed by atoms with van der Waals surface area (Å²) in [6.07, 6.45) is 2.47. The number of fused-ring (bicyclic) bond motifs is 1. The van der Waals surface area contributed by atoms with E-state index in [1.807, 2.05) is 0 Å². The second kappa shape index (κ2) is 9.50. The Kier molecular flexibility index (Phi) is 6.89. The number of pyridine rings is 1. The van der Waals surface area contributed by atoms with Gasteiger partial charge in [-0.25, -0.2) is 4.98 Å². The zero-order valence-corrected chi connectivity index (χ0v) is 20.3. The molecule has 2 aromatic rings. The first-order valence-electron chi connectivity index (χ1n) is 12.2. The van der Waals surface area contributed by atoms with E-state index in [4.69, 9.17) is 10.1 Å². The number of hydrogen-bond donors (Lipinski definition) is 2. The van der Waals surface area contributed by atoms with Gasteiger partial charge in [-0.3, -0.25) is 4.90 Å². The molecule has 174 valence electrons. The zero-order valence-electron chi connectivity index (χ0n) is 20.3. The van der Waals surface area contributed by atoms with Crippen molar-refractivity contribution in [3.05, 3.63) is 47.5 Å². The van der Waals surface area contributed by atoms with Crippen LogP contribution in [0.1, 0.15) is 51.7 Å². The molecule has 1 saturated heterocycles. The Morgan fingerprint density at radius 1 is 0.906 bits per heavy atom. The van der Waals surface area contributed by atoms with E-state index in [-0.39, 0.29) is 17.4 Å². The normalized spacial score (nSPS) is 20.2. The van der Waals surface area contributed by atoms with Crippen molar-refractivity contribution in [1.82, 2.24) is 15.2 Å². The summed E-state index contributed by atoms with van der Waals surface area (Å²) in [5.41, 5.74) is 5.73. The molecule has 2 aliphatic rings. The first-order chi connectivity index (χ1) is 15.3. The Morgan fingerprint density at radius 2 is 1.62 bits per heavy atom. The van der Waals surface area contributed by atoms with Crippen molar-refractivity contribution < 1.29 is 5.11 Å². The van der Waals surface area contributed by atoms with E-state index in [0.29, 0.717) is 6.54 Å². The number of benzene rings is 1. The number of aliphatic hydroxyl groups is 1. The SMILES string of the molecule is CC1(C)CCC(C)(C)c2cc(-c3cccc(N4CCN(CCNCCO)CC4)n3)ccc21. The molecule has 5 heteroatoms. The van der Waals surface area contributed by atoms with Gasteiger partial charge in [-0.15, -0.1) is 0 Å². The third-order valence-corrected chi connectivity index (χ3v) is 7.47. The van der Waals surface area contributed by atoms with Gasteiger partial charge in [0, 0.05) is 51.4 Å². The van der Waals surface area contributed by atoms with Crippen LogP contribution in [0.5, 0.6) is 0 Å². The summed E-state index contributed by atoms with van der Waals surface area (Å²) in [5, 5.41) is 12.2. The molecule has 2 heterocycles. The fourth-order valence-electron chi connectivity index (χ4n) is 5.15. The maximum absolute atomic E-state index is 8.89. The molecule has 1 aliphatic heterocycles. The van der Waals surface area contributed by atoms with E-state index in [2.05, 4.69) is 79.2 Å². The van der Waals surface area contributed by atoms with E-state index >= 15 is 0 Å². The molecular formula is C27H40N4O. The van der Waals surface area contributed by atoms with Gasteiger partial charge in [-0.2, -0.15) is 0 Å². The van der Waals surface area contributed by atoms with Gasteiger partial charge < -0.3 is 15.3 Å². The molecule has 0 bridgehead atoms. The van der Waals surface area contributed by atoms with E-state index < -0.39 is 0 Å². The van der Waals surface area contributed by atoms with Crippen LogP contribution in [0.15, 0.2) is 36.4 Å². The zero-order chi connectivity index (χ0) is 22.8. The molecular weight excluding hydrogens is 396 g/mol. The van der Waals surface area contributed by atoms with Crippen LogP contribution in [0, 0.1) is 0 Å². The average Bonchev–Trinajstić information content (AvgIpc) is 2.80. The lowest BCUT2D eigenvalue weighted by Crippen LogP contribution is -2.48. The summed E-state index contributed by atoms with van der Waals surface area (Å²) in [6, 6.07) is 13.5. The van der Waals surface area contributed by atoms with Gasteiger partial charge in [0.15, 0.2) is 0 Å². The first kappa shape index (κ1) is 23.2. The smallest absolute Gasteiger partial charge is 0.129 e. The molecule has 1 aromatic carbocycles. The summed E-state index contributed by atoms with van der Waals surface area (Å²) in [7, 11) is 0. The number of rotatable bonds is 7. The molecule has 0 spiro atoms. The molecule has 0 saturated carbocycles. The number of nitrogens with zero attached hydrogens (tertiary/aromatic N) is 3. The lowest BCUT2D eigenvalue weighted by molar-refractivity contribution is 0.248. The summed E-state index contributed by atoms with van der Waals surface area (Å²) < 4.78 is 0. The maximum atomic E-state index is 8.89. The Balaban J connectivity index is 1.47. The topological polar surface area (TPSA) is 51.6 Å². The molecule has 0 atom stereocenters. The largest absolute Gasteiger partial charge is 0.395 e. The highest BCUT2D eigenvalue weighted by Gasteiger charge is 2.37. The van der Waals surface area contributed by atoms with Crippen molar-refractivity contribution in [2.45, 2.75) is 51.4 Å². The van der Waals surface area contributed by atoms with Gasteiger partial charge in [-0.05, 0) is 53.0 Å². The third kappa shape index (κ3) is 5.00. The predicted octanol–water partition coefficient (Wildman–Crippen LogP) is 3.80. The number of piperazine rings is 1. The predicted molar refractivity (Wildman–Crippen MR) is 134 cm³/mol. The molecule has 0 amide bonds. The fraction of sp³-hybridized carbons (Fsp3) is 0.593.